The molecule has 3 N–H and O–H groups in total. The van der Waals surface area contributed by atoms with E-state index < -0.39 is 0 Å². The predicted octanol–water partition coefficient (Wildman–Crippen LogP) is 2.39. The van der Waals surface area contributed by atoms with Gasteiger partial charge in [0.15, 0.2) is 0 Å². The lowest BCUT2D eigenvalue weighted by molar-refractivity contribution is -0.117. The van der Waals surface area contributed by atoms with Gasteiger partial charge in [0.1, 0.15) is 0 Å². The Morgan fingerprint density at radius 1 is 1.42 bits per heavy atom. The number of anilines is 1. The minimum Gasteiger partial charge on any atom is -0.392 e. The fourth-order valence-corrected chi connectivity index (χ4v) is 2.27. The van der Waals surface area contributed by atoms with Crippen molar-refractivity contribution in [3.8, 4) is 0 Å². The minimum atomic E-state index is -0.0726. The van der Waals surface area contributed by atoms with Crippen molar-refractivity contribution >= 4 is 44.7 Å². The molecular weight excluding hydrogens is 326 g/mol. The summed E-state index contributed by atoms with van der Waals surface area (Å²) in [5, 5.41) is 2.86. The van der Waals surface area contributed by atoms with E-state index in [-0.39, 0.29) is 12.5 Å². The van der Waals surface area contributed by atoms with Gasteiger partial charge in [-0.05, 0) is 41.0 Å². The number of nitrogens with two attached hydrogens (primary N) is 1. The number of rotatable bonds is 7. The molecule has 0 bridgehead atoms. The number of nitrogens with zero attached hydrogens (tertiary/aromatic N) is 1. The average molecular weight is 344 g/mol. The number of thiocarbonyl (C=S) groups is 1. The molecule has 6 heteroatoms. The van der Waals surface area contributed by atoms with E-state index in [0.29, 0.717) is 11.5 Å². The van der Waals surface area contributed by atoms with Crippen LogP contribution >= 0.6 is 28.1 Å². The molecule has 0 saturated carbocycles. The molecule has 0 atom stereocenters. The van der Waals surface area contributed by atoms with Crippen LogP contribution in [0.15, 0.2) is 28.7 Å². The Hall–Kier alpha value is -0.980. The Labute approximate surface area is 127 Å². The van der Waals surface area contributed by atoms with Crippen molar-refractivity contribution < 1.29 is 4.79 Å². The SMILES string of the molecule is CCCN(CC(=O)Nc1ccccc1Br)CC(N)=S. The van der Waals surface area contributed by atoms with E-state index >= 15 is 0 Å². The van der Waals surface area contributed by atoms with Gasteiger partial charge < -0.3 is 11.1 Å². The summed E-state index contributed by atoms with van der Waals surface area (Å²) in [6, 6.07) is 7.50. The van der Waals surface area contributed by atoms with Crippen LogP contribution in [0.25, 0.3) is 0 Å². The van der Waals surface area contributed by atoms with Crippen molar-refractivity contribution in [3.63, 3.8) is 0 Å². The molecule has 0 aliphatic rings. The summed E-state index contributed by atoms with van der Waals surface area (Å²) in [7, 11) is 0. The molecule has 0 saturated heterocycles. The fourth-order valence-electron chi connectivity index (χ4n) is 1.71. The van der Waals surface area contributed by atoms with E-state index in [1.54, 1.807) is 0 Å². The number of carbonyl (C=O) groups excluding carboxylic acids is 1. The van der Waals surface area contributed by atoms with Gasteiger partial charge in [-0.1, -0.05) is 31.3 Å². The van der Waals surface area contributed by atoms with Crippen molar-refractivity contribution in [3.05, 3.63) is 28.7 Å². The van der Waals surface area contributed by atoms with Gasteiger partial charge in [0.25, 0.3) is 0 Å². The van der Waals surface area contributed by atoms with Crippen LogP contribution < -0.4 is 11.1 Å². The molecule has 19 heavy (non-hydrogen) atoms. The van der Waals surface area contributed by atoms with E-state index in [1.807, 2.05) is 29.2 Å². The summed E-state index contributed by atoms with van der Waals surface area (Å²) in [6.07, 6.45) is 0.949. The van der Waals surface area contributed by atoms with Gasteiger partial charge >= 0.3 is 0 Å². The Balaban J connectivity index is 2.57. The van der Waals surface area contributed by atoms with Crippen LogP contribution in [0.4, 0.5) is 5.69 Å². The standard InChI is InChI=1S/C13H18BrN3OS/c1-2-7-17(8-12(15)19)9-13(18)16-11-6-4-3-5-10(11)14/h3-6H,2,7-9H2,1H3,(H2,15,19)(H,16,18). The van der Waals surface area contributed by atoms with Crippen molar-refractivity contribution in [1.29, 1.82) is 0 Å². The third-order valence-electron chi connectivity index (χ3n) is 2.43. The molecule has 0 aliphatic heterocycles. The minimum absolute atomic E-state index is 0.0726. The molecule has 0 unspecified atom stereocenters. The summed E-state index contributed by atoms with van der Waals surface area (Å²) in [4.78, 5) is 14.3. The fraction of sp³-hybridized carbons (Fsp3) is 0.385. The van der Waals surface area contributed by atoms with E-state index in [4.69, 9.17) is 18.0 Å². The highest BCUT2D eigenvalue weighted by Crippen LogP contribution is 2.20. The summed E-state index contributed by atoms with van der Waals surface area (Å²) in [5.41, 5.74) is 6.29. The number of hydrogen-bond donors (Lipinski definition) is 2. The maximum atomic E-state index is 12.0. The number of hydrogen-bond acceptors (Lipinski definition) is 3. The first-order valence-electron chi connectivity index (χ1n) is 6.08. The summed E-state index contributed by atoms with van der Waals surface area (Å²) >= 11 is 8.28. The second kappa shape index (κ2) is 8.24. The van der Waals surface area contributed by atoms with E-state index in [1.165, 1.54) is 0 Å². The van der Waals surface area contributed by atoms with Crippen molar-refractivity contribution in [1.82, 2.24) is 4.90 Å². The lowest BCUT2D eigenvalue weighted by atomic mass is 10.3. The highest BCUT2D eigenvalue weighted by atomic mass is 79.9. The molecule has 4 nitrogen and oxygen atoms in total. The van der Waals surface area contributed by atoms with Gasteiger partial charge in [0, 0.05) is 11.0 Å². The smallest absolute Gasteiger partial charge is 0.238 e. The summed E-state index contributed by atoms with van der Waals surface area (Å²) in [5.74, 6) is -0.0726. The molecule has 1 aromatic carbocycles. The zero-order valence-electron chi connectivity index (χ0n) is 10.9. The molecule has 0 spiro atoms. The van der Waals surface area contributed by atoms with Crippen molar-refractivity contribution in [2.75, 3.05) is 25.0 Å². The Morgan fingerprint density at radius 2 is 2.11 bits per heavy atom. The van der Waals surface area contributed by atoms with E-state index in [0.717, 1.165) is 23.1 Å². The number of nitrogens with one attached hydrogen (secondary N) is 1. The molecule has 1 amide bonds. The van der Waals surface area contributed by atoms with E-state index in [9.17, 15) is 4.79 Å². The maximum absolute atomic E-state index is 12.0. The summed E-state index contributed by atoms with van der Waals surface area (Å²) in [6.45, 7) is 3.60. The molecule has 0 aliphatic carbocycles. The number of amides is 1. The highest BCUT2D eigenvalue weighted by Gasteiger charge is 2.11. The molecule has 1 rings (SSSR count). The van der Waals surface area contributed by atoms with Gasteiger partial charge in [-0.25, -0.2) is 0 Å². The lowest BCUT2D eigenvalue weighted by Crippen LogP contribution is -2.39. The van der Waals surface area contributed by atoms with Gasteiger partial charge in [-0.2, -0.15) is 0 Å². The Morgan fingerprint density at radius 3 is 2.68 bits per heavy atom. The van der Waals surface area contributed by atoms with Gasteiger partial charge in [0.05, 0.1) is 17.2 Å². The third kappa shape index (κ3) is 6.13. The van der Waals surface area contributed by atoms with Crippen LogP contribution in [-0.2, 0) is 4.79 Å². The first kappa shape index (κ1) is 16.1. The molecule has 0 fully saturated rings. The monoisotopic (exact) mass is 343 g/mol. The number of halogens is 1. The van der Waals surface area contributed by atoms with Gasteiger partial charge in [0.2, 0.25) is 5.91 Å². The average Bonchev–Trinajstić information content (AvgIpc) is 2.31. The lowest BCUT2D eigenvalue weighted by Gasteiger charge is -2.20. The first-order valence-corrected chi connectivity index (χ1v) is 7.28. The van der Waals surface area contributed by atoms with Crippen LogP contribution in [0.5, 0.6) is 0 Å². The second-order valence-electron chi connectivity index (χ2n) is 4.20. The molecule has 104 valence electrons. The second-order valence-corrected chi connectivity index (χ2v) is 5.58. The Bertz CT molecular complexity index is 453. The summed E-state index contributed by atoms with van der Waals surface area (Å²) < 4.78 is 0.861. The predicted molar refractivity (Wildman–Crippen MR) is 86.3 cm³/mol. The number of benzene rings is 1. The normalized spacial score (nSPS) is 10.5. The maximum Gasteiger partial charge on any atom is 0.238 e. The van der Waals surface area contributed by atoms with Gasteiger partial charge in [-0.15, -0.1) is 0 Å². The number of para-hydroxylation sites is 1. The first-order chi connectivity index (χ1) is 9.02. The van der Waals surface area contributed by atoms with Crippen LogP contribution in [0.3, 0.4) is 0 Å². The molecule has 0 radical (unpaired) electrons. The van der Waals surface area contributed by atoms with E-state index in [2.05, 4.69) is 28.2 Å². The van der Waals surface area contributed by atoms with Crippen molar-refractivity contribution in [2.45, 2.75) is 13.3 Å². The van der Waals surface area contributed by atoms with Gasteiger partial charge in [-0.3, -0.25) is 9.69 Å². The zero-order valence-corrected chi connectivity index (χ0v) is 13.3. The Kier molecular flexibility index (Phi) is 6.97. The molecule has 0 heterocycles. The number of carbonyl (C=O) groups is 1. The topological polar surface area (TPSA) is 58.4 Å². The molecule has 0 aromatic heterocycles. The van der Waals surface area contributed by atoms with Crippen LogP contribution in [0.1, 0.15) is 13.3 Å². The molecular formula is C13H18BrN3OS. The quantitative estimate of drug-likeness (QED) is 0.746. The zero-order chi connectivity index (χ0) is 14.3. The van der Waals surface area contributed by atoms with Crippen molar-refractivity contribution in [2.24, 2.45) is 5.73 Å². The third-order valence-corrected chi connectivity index (χ3v) is 3.26. The van der Waals surface area contributed by atoms with Crippen LogP contribution in [0, 0.1) is 0 Å². The molecule has 1 aromatic rings. The van der Waals surface area contributed by atoms with Crippen LogP contribution in [-0.4, -0.2) is 35.4 Å². The highest BCUT2D eigenvalue weighted by molar-refractivity contribution is 9.10. The largest absolute Gasteiger partial charge is 0.392 e. The van der Waals surface area contributed by atoms with Crippen LogP contribution in [0.2, 0.25) is 0 Å².